The molecule has 3 aromatic heterocycles. The van der Waals surface area contributed by atoms with E-state index in [1.807, 2.05) is 6.92 Å². The Morgan fingerprint density at radius 1 is 1.21 bits per heavy atom. The molecule has 0 radical (unpaired) electrons. The van der Waals surface area contributed by atoms with Crippen molar-refractivity contribution in [1.82, 2.24) is 25.0 Å². The van der Waals surface area contributed by atoms with Gasteiger partial charge in [0.1, 0.15) is 11.9 Å². The number of carbonyl (C=O) groups is 2. The van der Waals surface area contributed by atoms with E-state index < -0.39 is 24.0 Å². The van der Waals surface area contributed by atoms with Gasteiger partial charge < -0.3 is 10.1 Å². The molecular weight excluding hydrogens is 436 g/mol. The third kappa shape index (κ3) is 4.94. The lowest BCUT2D eigenvalue weighted by Crippen LogP contribution is -2.19. The number of anilines is 2. The number of aryl methyl sites for hydroxylation is 1. The van der Waals surface area contributed by atoms with Crippen LogP contribution in [0, 0.1) is 23.6 Å². The van der Waals surface area contributed by atoms with Gasteiger partial charge in [-0.05, 0) is 37.5 Å². The van der Waals surface area contributed by atoms with Crippen molar-refractivity contribution in [3.63, 3.8) is 0 Å². The lowest BCUT2D eigenvalue weighted by atomic mass is 10.2. The maximum absolute atomic E-state index is 13.8. The molecule has 1 aliphatic rings. The van der Waals surface area contributed by atoms with Crippen LogP contribution in [-0.4, -0.2) is 37.0 Å². The number of halogens is 2. The van der Waals surface area contributed by atoms with Gasteiger partial charge >= 0.3 is 6.09 Å². The number of nitrogens with one attached hydrogen (secondary N) is 2. The molecule has 0 unspecified atom stereocenters. The highest BCUT2D eigenvalue weighted by atomic mass is 19.1. The van der Waals surface area contributed by atoms with E-state index in [1.54, 1.807) is 19.2 Å². The second-order valence-electron chi connectivity index (χ2n) is 7.86. The van der Waals surface area contributed by atoms with E-state index in [1.165, 1.54) is 17.8 Å². The summed E-state index contributed by atoms with van der Waals surface area (Å²) in [6, 6.07) is 4.21. The molecule has 3 heterocycles. The summed E-state index contributed by atoms with van der Waals surface area (Å²) in [6.45, 7) is 3.41. The van der Waals surface area contributed by atoms with Crippen molar-refractivity contribution >= 4 is 23.5 Å². The van der Waals surface area contributed by atoms with Gasteiger partial charge in [-0.1, -0.05) is 12.1 Å². The zero-order chi connectivity index (χ0) is 23.7. The van der Waals surface area contributed by atoms with Gasteiger partial charge in [-0.3, -0.25) is 15.1 Å². The Kier molecular flexibility index (Phi) is 5.99. The van der Waals surface area contributed by atoms with Crippen molar-refractivity contribution in [2.45, 2.75) is 26.4 Å². The van der Waals surface area contributed by atoms with Crippen molar-refractivity contribution in [3.05, 3.63) is 47.9 Å². The molecule has 1 saturated carbocycles. The molecule has 3 aromatic rings. The molecule has 0 aliphatic heterocycles. The second-order valence-corrected chi connectivity index (χ2v) is 7.86. The summed E-state index contributed by atoms with van der Waals surface area (Å²) in [4.78, 5) is 32.0. The normalized spacial score (nSPS) is 17.8. The van der Waals surface area contributed by atoms with Crippen LogP contribution in [0.1, 0.15) is 31.9 Å². The van der Waals surface area contributed by atoms with Gasteiger partial charge in [0.05, 0.1) is 29.3 Å². The summed E-state index contributed by atoms with van der Waals surface area (Å²) in [6.07, 6.45) is 1.06. The monoisotopic (exact) mass is 457 g/mol. The van der Waals surface area contributed by atoms with E-state index in [2.05, 4.69) is 30.9 Å². The highest BCUT2D eigenvalue weighted by Gasteiger charge is 2.39. The molecule has 1 fully saturated rings. The zero-order valence-corrected chi connectivity index (χ0v) is 18.0. The fourth-order valence-corrected chi connectivity index (χ4v) is 3.27. The third-order valence-electron chi connectivity index (χ3n) is 5.32. The Balaban J connectivity index is 1.44. The highest BCUT2D eigenvalue weighted by molar-refractivity contribution is 5.94. The number of ether oxygens (including phenoxy) is 1. The number of hydrogen-bond acceptors (Lipinski definition) is 7. The molecule has 0 aromatic carbocycles. The molecule has 0 bridgehead atoms. The predicted octanol–water partition coefficient (Wildman–Crippen LogP) is 3.45. The van der Waals surface area contributed by atoms with Crippen molar-refractivity contribution in [2.75, 3.05) is 10.6 Å². The Morgan fingerprint density at radius 2 is 1.97 bits per heavy atom. The minimum Gasteiger partial charge on any atom is -0.441 e. The van der Waals surface area contributed by atoms with Crippen LogP contribution in [0.2, 0.25) is 0 Å². The first-order valence-corrected chi connectivity index (χ1v) is 10.2. The molecule has 0 saturated heterocycles. The zero-order valence-electron chi connectivity index (χ0n) is 18.0. The molecule has 10 nitrogen and oxygen atoms in total. The standard InChI is InChI=1S/C21H21F2N7O3/c1-10-6-14(10)20(31)26-13-4-5-16(24-9-13)17-19(30(3)29-28-17)27-21(32)33-11(2)15-7-12(22)8-25-18(15)23/h4-5,7-11,14H,6H2,1-3H3,(H,26,31)(H,27,32)/t10-,11-,14-/m1/s1. The summed E-state index contributed by atoms with van der Waals surface area (Å²) >= 11 is 0. The first-order valence-electron chi connectivity index (χ1n) is 10.2. The van der Waals surface area contributed by atoms with Crippen molar-refractivity contribution in [3.8, 4) is 11.4 Å². The third-order valence-corrected chi connectivity index (χ3v) is 5.32. The molecule has 2 N–H and O–H groups in total. The molecule has 1 aliphatic carbocycles. The average Bonchev–Trinajstić information content (AvgIpc) is 3.41. The number of hydrogen-bond donors (Lipinski definition) is 2. The fourth-order valence-electron chi connectivity index (χ4n) is 3.27. The molecule has 33 heavy (non-hydrogen) atoms. The van der Waals surface area contributed by atoms with Crippen molar-refractivity contribution < 1.29 is 23.1 Å². The van der Waals surface area contributed by atoms with Crippen LogP contribution in [0.5, 0.6) is 0 Å². The summed E-state index contributed by atoms with van der Waals surface area (Å²) in [7, 11) is 1.55. The highest BCUT2D eigenvalue weighted by Crippen LogP contribution is 2.38. The maximum Gasteiger partial charge on any atom is 0.413 e. The number of amides is 2. The minimum absolute atomic E-state index is 0.0329. The number of aromatic nitrogens is 5. The molecular formula is C21H21F2N7O3. The van der Waals surface area contributed by atoms with Gasteiger partial charge in [-0.25, -0.2) is 18.9 Å². The van der Waals surface area contributed by atoms with E-state index in [0.29, 0.717) is 17.3 Å². The van der Waals surface area contributed by atoms with Gasteiger partial charge in [0.25, 0.3) is 0 Å². The number of nitrogens with zero attached hydrogens (tertiary/aromatic N) is 5. The summed E-state index contributed by atoms with van der Waals surface area (Å²) < 4.78 is 33.7. The Bertz CT molecular complexity index is 1200. The first-order chi connectivity index (χ1) is 15.7. The average molecular weight is 457 g/mol. The molecule has 0 spiro atoms. The van der Waals surface area contributed by atoms with Gasteiger partial charge in [0.2, 0.25) is 11.9 Å². The van der Waals surface area contributed by atoms with Gasteiger partial charge in [0, 0.05) is 13.0 Å². The molecule has 12 heteroatoms. The topological polar surface area (TPSA) is 124 Å². The van der Waals surface area contributed by atoms with Gasteiger partial charge in [-0.15, -0.1) is 5.10 Å². The van der Waals surface area contributed by atoms with Crippen LogP contribution in [0.15, 0.2) is 30.6 Å². The minimum atomic E-state index is -1.10. The number of pyridine rings is 2. The van der Waals surface area contributed by atoms with Crippen LogP contribution in [0.3, 0.4) is 0 Å². The van der Waals surface area contributed by atoms with Gasteiger partial charge in [-0.2, -0.15) is 4.39 Å². The lowest BCUT2D eigenvalue weighted by molar-refractivity contribution is -0.117. The van der Waals surface area contributed by atoms with Crippen LogP contribution in [0.25, 0.3) is 11.4 Å². The smallest absolute Gasteiger partial charge is 0.413 e. The SMILES string of the molecule is C[C@@H]1C[C@H]1C(=O)Nc1ccc(-c2nnn(C)c2NC(=O)O[C@H](C)c2cc(F)cnc2F)nc1. The molecule has 2 amide bonds. The second kappa shape index (κ2) is 8.88. The van der Waals surface area contributed by atoms with Crippen molar-refractivity contribution in [1.29, 1.82) is 0 Å². The number of carbonyl (C=O) groups excluding carboxylic acids is 2. The van der Waals surface area contributed by atoms with Crippen LogP contribution < -0.4 is 10.6 Å². The first kappa shape index (κ1) is 22.2. The summed E-state index contributed by atoms with van der Waals surface area (Å²) in [5.41, 5.74) is 0.993. The summed E-state index contributed by atoms with van der Waals surface area (Å²) in [5.74, 6) is -1.13. The molecule has 3 atom stereocenters. The largest absolute Gasteiger partial charge is 0.441 e. The summed E-state index contributed by atoms with van der Waals surface area (Å²) in [5, 5.41) is 13.2. The molecule has 4 rings (SSSR count). The Labute approximate surface area is 187 Å². The Hall–Kier alpha value is -3.96. The van der Waals surface area contributed by atoms with Crippen molar-refractivity contribution in [2.24, 2.45) is 18.9 Å². The Morgan fingerprint density at radius 3 is 2.64 bits per heavy atom. The van der Waals surface area contributed by atoms with E-state index in [4.69, 9.17) is 4.74 Å². The lowest BCUT2D eigenvalue weighted by Gasteiger charge is -2.15. The van der Waals surface area contributed by atoms with E-state index in [-0.39, 0.29) is 28.9 Å². The fraction of sp³-hybridized carbons (Fsp3) is 0.333. The molecule has 172 valence electrons. The van der Waals surface area contributed by atoms with E-state index in [0.717, 1.165) is 18.7 Å². The van der Waals surface area contributed by atoms with Crippen LogP contribution in [-0.2, 0) is 16.6 Å². The quantitative estimate of drug-likeness (QED) is 0.543. The van der Waals surface area contributed by atoms with E-state index in [9.17, 15) is 18.4 Å². The predicted molar refractivity (Wildman–Crippen MR) is 113 cm³/mol. The van der Waals surface area contributed by atoms with E-state index >= 15 is 0 Å². The maximum atomic E-state index is 13.8. The van der Waals surface area contributed by atoms with Crippen LogP contribution in [0.4, 0.5) is 25.1 Å². The van der Waals surface area contributed by atoms with Crippen LogP contribution >= 0.6 is 0 Å². The van der Waals surface area contributed by atoms with Gasteiger partial charge in [0.15, 0.2) is 11.5 Å². The number of rotatable bonds is 6.